The molecule has 0 spiro atoms. The molecule has 80 valence electrons. The SMILES string of the molecule is CC/C(C)=C/C(=N/C)c1ccc(C)cc1. The minimum absolute atomic E-state index is 1.06. The lowest BCUT2D eigenvalue weighted by Gasteiger charge is -2.03. The second-order valence-electron chi connectivity index (χ2n) is 3.82. The minimum Gasteiger partial charge on any atom is -0.288 e. The fourth-order valence-electron chi connectivity index (χ4n) is 1.34. The highest BCUT2D eigenvalue weighted by Gasteiger charge is 1.99. The fraction of sp³-hybridized carbons (Fsp3) is 0.357. The second kappa shape index (κ2) is 5.50. The van der Waals surface area contributed by atoms with Crippen LogP contribution in [0.3, 0.4) is 0 Å². The van der Waals surface area contributed by atoms with Gasteiger partial charge in [0.2, 0.25) is 0 Å². The first kappa shape index (κ1) is 11.7. The van der Waals surface area contributed by atoms with Crippen molar-refractivity contribution in [2.75, 3.05) is 7.05 Å². The maximum Gasteiger partial charge on any atom is 0.0642 e. The van der Waals surface area contributed by atoms with E-state index in [1.165, 1.54) is 16.7 Å². The van der Waals surface area contributed by atoms with Gasteiger partial charge in [0.05, 0.1) is 5.71 Å². The summed E-state index contributed by atoms with van der Waals surface area (Å²) in [4.78, 5) is 4.32. The molecule has 0 atom stereocenters. The number of nitrogens with zero attached hydrogens (tertiary/aromatic N) is 1. The van der Waals surface area contributed by atoms with E-state index in [1.807, 2.05) is 7.05 Å². The van der Waals surface area contributed by atoms with Crippen LogP contribution in [0.4, 0.5) is 0 Å². The molecule has 1 aromatic rings. The zero-order chi connectivity index (χ0) is 11.3. The normalized spacial score (nSPS) is 13.1. The predicted molar refractivity (Wildman–Crippen MR) is 67.7 cm³/mol. The van der Waals surface area contributed by atoms with Crippen molar-refractivity contribution in [3.8, 4) is 0 Å². The van der Waals surface area contributed by atoms with E-state index in [9.17, 15) is 0 Å². The van der Waals surface area contributed by atoms with Crippen LogP contribution in [-0.4, -0.2) is 12.8 Å². The van der Waals surface area contributed by atoms with E-state index in [-0.39, 0.29) is 0 Å². The summed E-state index contributed by atoms with van der Waals surface area (Å²) in [5, 5.41) is 0. The smallest absolute Gasteiger partial charge is 0.0642 e. The number of rotatable bonds is 3. The molecule has 0 unspecified atom stereocenters. The molecule has 1 rings (SSSR count). The molecule has 0 fully saturated rings. The average molecular weight is 201 g/mol. The number of hydrogen-bond acceptors (Lipinski definition) is 1. The van der Waals surface area contributed by atoms with Gasteiger partial charge in [-0.2, -0.15) is 0 Å². The molecular formula is C14H19N. The Morgan fingerprint density at radius 3 is 2.33 bits per heavy atom. The lowest BCUT2D eigenvalue weighted by atomic mass is 10.1. The Morgan fingerprint density at radius 2 is 1.87 bits per heavy atom. The molecular weight excluding hydrogens is 182 g/mol. The van der Waals surface area contributed by atoms with Gasteiger partial charge in [0, 0.05) is 7.05 Å². The van der Waals surface area contributed by atoms with Crippen LogP contribution in [0.15, 0.2) is 40.9 Å². The molecule has 1 aromatic carbocycles. The van der Waals surface area contributed by atoms with E-state index >= 15 is 0 Å². The summed E-state index contributed by atoms with van der Waals surface area (Å²) < 4.78 is 0. The maximum atomic E-state index is 4.32. The van der Waals surface area contributed by atoms with Crippen LogP contribution in [0, 0.1) is 6.92 Å². The van der Waals surface area contributed by atoms with Gasteiger partial charge in [0.1, 0.15) is 0 Å². The summed E-state index contributed by atoms with van der Waals surface area (Å²) >= 11 is 0. The minimum atomic E-state index is 1.06. The Bertz CT molecular complexity index is 369. The zero-order valence-electron chi connectivity index (χ0n) is 10.0. The molecule has 0 aliphatic carbocycles. The highest BCUT2D eigenvalue weighted by molar-refractivity contribution is 6.08. The van der Waals surface area contributed by atoms with Gasteiger partial charge in [0.25, 0.3) is 0 Å². The molecule has 1 heteroatoms. The lowest BCUT2D eigenvalue weighted by Crippen LogP contribution is -1.97. The van der Waals surface area contributed by atoms with E-state index in [2.05, 4.69) is 56.1 Å². The predicted octanol–water partition coefficient (Wildman–Crippen LogP) is 3.77. The molecule has 15 heavy (non-hydrogen) atoms. The fourth-order valence-corrected chi connectivity index (χ4v) is 1.34. The summed E-state index contributed by atoms with van der Waals surface area (Å²) in [5.74, 6) is 0. The molecule has 0 aliphatic rings. The summed E-state index contributed by atoms with van der Waals surface area (Å²) in [6.45, 7) is 6.40. The standard InChI is InChI=1S/C14H19N/c1-5-11(2)10-14(15-4)13-8-6-12(3)7-9-13/h6-10H,5H2,1-4H3/b11-10+,15-14-. The zero-order valence-corrected chi connectivity index (χ0v) is 10.0. The summed E-state index contributed by atoms with van der Waals surface area (Å²) in [6, 6.07) is 8.49. The van der Waals surface area contributed by atoms with E-state index in [1.54, 1.807) is 0 Å². The van der Waals surface area contributed by atoms with Crippen LogP contribution in [0.1, 0.15) is 31.4 Å². The molecule has 0 aromatic heterocycles. The summed E-state index contributed by atoms with van der Waals surface area (Å²) in [6.07, 6.45) is 3.23. The first-order chi connectivity index (χ1) is 7.17. The Labute approximate surface area is 92.6 Å². The summed E-state index contributed by atoms with van der Waals surface area (Å²) in [5.41, 5.74) is 4.90. The van der Waals surface area contributed by atoms with E-state index < -0.39 is 0 Å². The molecule has 0 aliphatic heterocycles. The van der Waals surface area contributed by atoms with Gasteiger partial charge in [-0.05, 0) is 31.9 Å². The Balaban J connectivity index is 2.99. The van der Waals surface area contributed by atoms with Crippen LogP contribution in [-0.2, 0) is 0 Å². The van der Waals surface area contributed by atoms with E-state index in [4.69, 9.17) is 0 Å². The molecule has 0 saturated heterocycles. The highest BCUT2D eigenvalue weighted by atomic mass is 14.7. The monoisotopic (exact) mass is 201 g/mol. The highest BCUT2D eigenvalue weighted by Crippen LogP contribution is 2.08. The molecule has 0 amide bonds. The average Bonchev–Trinajstić information content (AvgIpc) is 2.27. The van der Waals surface area contributed by atoms with Gasteiger partial charge >= 0.3 is 0 Å². The number of allylic oxidation sites excluding steroid dienone is 2. The van der Waals surface area contributed by atoms with E-state index in [0.29, 0.717) is 0 Å². The molecule has 0 N–H and O–H groups in total. The quantitative estimate of drug-likeness (QED) is 0.660. The number of hydrogen-bond donors (Lipinski definition) is 0. The van der Waals surface area contributed by atoms with Gasteiger partial charge in [0.15, 0.2) is 0 Å². The van der Waals surface area contributed by atoms with Crippen LogP contribution in [0.2, 0.25) is 0 Å². The van der Waals surface area contributed by atoms with Crippen molar-refractivity contribution >= 4 is 5.71 Å². The third-order valence-corrected chi connectivity index (χ3v) is 2.53. The number of aryl methyl sites for hydroxylation is 1. The maximum absolute atomic E-state index is 4.32. The molecule has 0 saturated carbocycles. The van der Waals surface area contributed by atoms with Crippen molar-refractivity contribution < 1.29 is 0 Å². The Kier molecular flexibility index (Phi) is 4.29. The van der Waals surface area contributed by atoms with Crippen molar-refractivity contribution in [2.45, 2.75) is 27.2 Å². The molecule has 1 nitrogen and oxygen atoms in total. The van der Waals surface area contributed by atoms with Gasteiger partial charge < -0.3 is 0 Å². The van der Waals surface area contributed by atoms with Crippen molar-refractivity contribution in [2.24, 2.45) is 4.99 Å². The first-order valence-electron chi connectivity index (χ1n) is 5.38. The van der Waals surface area contributed by atoms with Crippen molar-refractivity contribution in [1.82, 2.24) is 0 Å². The Hall–Kier alpha value is -1.37. The molecule has 0 radical (unpaired) electrons. The molecule has 0 bridgehead atoms. The van der Waals surface area contributed by atoms with Crippen LogP contribution in [0.25, 0.3) is 0 Å². The molecule has 0 heterocycles. The van der Waals surface area contributed by atoms with Crippen LogP contribution >= 0.6 is 0 Å². The van der Waals surface area contributed by atoms with Crippen molar-refractivity contribution in [3.05, 3.63) is 47.0 Å². The number of benzene rings is 1. The van der Waals surface area contributed by atoms with Crippen LogP contribution < -0.4 is 0 Å². The van der Waals surface area contributed by atoms with Gasteiger partial charge in [-0.1, -0.05) is 42.3 Å². The van der Waals surface area contributed by atoms with Gasteiger partial charge in [-0.15, -0.1) is 0 Å². The largest absolute Gasteiger partial charge is 0.288 e. The second-order valence-corrected chi connectivity index (χ2v) is 3.82. The van der Waals surface area contributed by atoms with Crippen molar-refractivity contribution in [3.63, 3.8) is 0 Å². The van der Waals surface area contributed by atoms with Crippen molar-refractivity contribution in [1.29, 1.82) is 0 Å². The van der Waals surface area contributed by atoms with E-state index in [0.717, 1.165) is 12.1 Å². The topological polar surface area (TPSA) is 12.4 Å². The first-order valence-corrected chi connectivity index (χ1v) is 5.38. The Morgan fingerprint density at radius 1 is 1.27 bits per heavy atom. The lowest BCUT2D eigenvalue weighted by molar-refractivity contribution is 1.10. The third-order valence-electron chi connectivity index (χ3n) is 2.53. The number of aliphatic imine (C=N–C) groups is 1. The third kappa shape index (κ3) is 3.35. The van der Waals surface area contributed by atoms with Gasteiger partial charge in [-0.3, -0.25) is 4.99 Å². The summed E-state index contributed by atoms with van der Waals surface area (Å²) in [7, 11) is 1.84. The van der Waals surface area contributed by atoms with Gasteiger partial charge in [-0.25, -0.2) is 0 Å². The van der Waals surface area contributed by atoms with Crippen LogP contribution in [0.5, 0.6) is 0 Å².